The molecule has 0 spiro atoms. The van der Waals surface area contributed by atoms with Crippen LogP contribution in [0.3, 0.4) is 0 Å². The van der Waals surface area contributed by atoms with Gasteiger partial charge in [-0.15, -0.1) is 0 Å². The molecule has 0 aliphatic heterocycles. The summed E-state index contributed by atoms with van der Waals surface area (Å²) >= 11 is 0. The molecule has 0 saturated heterocycles. The summed E-state index contributed by atoms with van der Waals surface area (Å²) in [6, 6.07) is 0. The van der Waals surface area contributed by atoms with Gasteiger partial charge in [-0.05, 0) is 13.8 Å². The summed E-state index contributed by atoms with van der Waals surface area (Å²) in [5, 5.41) is 8.01. The standard InChI is InChI=1S/C5H8O2.Cs.H/c1-4(2)3-5(6)7;;/h3H,1-2H3,(H,6,7);;. The number of carbonyl (C=O) groups is 1. The van der Waals surface area contributed by atoms with Crippen LogP contribution in [0.15, 0.2) is 11.6 Å². The molecule has 2 nitrogen and oxygen atoms in total. The predicted octanol–water partition coefficient (Wildman–Crippen LogP) is 0.389. The summed E-state index contributed by atoms with van der Waals surface area (Å²) < 4.78 is 0. The van der Waals surface area contributed by atoms with E-state index in [-0.39, 0.29) is 68.9 Å². The SMILES string of the molecule is CC(C)=CC(=O)O.[CsH]. The Balaban J connectivity index is 0. The van der Waals surface area contributed by atoms with Crippen molar-refractivity contribution in [3.05, 3.63) is 11.6 Å². The Morgan fingerprint density at radius 3 is 1.88 bits per heavy atom. The number of allylic oxidation sites excluding steroid dienone is 1. The molecule has 0 amide bonds. The first-order valence-electron chi connectivity index (χ1n) is 2.01. The van der Waals surface area contributed by atoms with E-state index < -0.39 is 5.97 Å². The van der Waals surface area contributed by atoms with Gasteiger partial charge in [-0.3, -0.25) is 0 Å². The number of aliphatic carboxylic acids is 1. The van der Waals surface area contributed by atoms with Crippen LogP contribution in [0.2, 0.25) is 0 Å². The second-order valence-electron chi connectivity index (χ2n) is 1.56. The zero-order valence-electron chi connectivity index (χ0n) is 4.43. The van der Waals surface area contributed by atoms with Gasteiger partial charge in [0.2, 0.25) is 0 Å². The van der Waals surface area contributed by atoms with Crippen molar-refractivity contribution < 1.29 is 9.90 Å². The molecule has 0 fully saturated rings. The van der Waals surface area contributed by atoms with Gasteiger partial charge in [0.15, 0.2) is 0 Å². The summed E-state index contributed by atoms with van der Waals surface area (Å²) in [7, 11) is 0. The first kappa shape index (κ1) is 12.0. The molecule has 0 atom stereocenters. The maximum atomic E-state index is 9.73. The van der Waals surface area contributed by atoms with Gasteiger partial charge in [-0.1, -0.05) is 5.57 Å². The molecule has 0 heterocycles. The van der Waals surface area contributed by atoms with Crippen LogP contribution in [0.1, 0.15) is 13.8 Å². The number of hydrogen-bond acceptors (Lipinski definition) is 1. The molecule has 42 valence electrons. The Kier molecular flexibility index (Phi) is 9.57. The number of hydrogen-bond donors (Lipinski definition) is 1. The molecule has 8 heavy (non-hydrogen) atoms. The fourth-order valence-electron chi connectivity index (χ4n) is 0.247. The van der Waals surface area contributed by atoms with Crippen LogP contribution >= 0.6 is 0 Å². The Morgan fingerprint density at radius 2 is 1.88 bits per heavy atom. The third kappa shape index (κ3) is 10.3. The van der Waals surface area contributed by atoms with Crippen molar-refractivity contribution in [3.8, 4) is 0 Å². The van der Waals surface area contributed by atoms with Gasteiger partial charge in [0.05, 0.1) is 0 Å². The second-order valence-corrected chi connectivity index (χ2v) is 1.56. The molecule has 0 unspecified atom stereocenters. The van der Waals surface area contributed by atoms with Gasteiger partial charge < -0.3 is 5.11 Å². The van der Waals surface area contributed by atoms with Crippen LogP contribution in [0.5, 0.6) is 0 Å². The molecule has 1 N–H and O–H groups in total. The number of carboxylic acid groups (broad SMARTS) is 1. The van der Waals surface area contributed by atoms with Crippen molar-refractivity contribution in [2.24, 2.45) is 0 Å². The molecule has 0 aromatic carbocycles. The van der Waals surface area contributed by atoms with Crippen molar-refractivity contribution in [3.63, 3.8) is 0 Å². The summed E-state index contributed by atoms with van der Waals surface area (Å²) in [6.07, 6.45) is 1.17. The van der Waals surface area contributed by atoms with Gasteiger partial charge in [0, 0.05) is 6.08 Å². The van der Waals surface area contributed by atoms with Gasteiger partial charge in [0.25, 0.3) is 0 Å². The van der Waals surface area contributed by atoms with Crippen molar-refractivity contribution in [1.29, 1.82) is 0 Å². The van der Waals surface area contributed by atoms with E-state index in [0.29, 0.717) is 0 Å². The normalized spacial score (nSPS) is 6.75. The van der Waals surface area contributed by atoms with Gasteiger partial charge in [-0.2, -0.15) is 0 Å². The monoisotopic (exact) mass is 234 g/mol. The maximum absolute atomic E-state index is 9.73. The average molecular weight is 234 g/mol. The third-order valence-corrected chi connectivity index (χ3v) is 0.412. The topological polar surface area (TPSA) is 37.3 Å². The number of rotatable bonds is 1. The molecule has 0 radical (unpaired) electrons. The molecule has 0 aromatic rings. The van der Waals surface area contributed by atoms with Crippen molar-refractivity contribution in [1.82, 2.24) is 0 Å². The van der Waals surface area contributed by atoms with E-state index in [9.17, 15) is 4.79 Å². The van der Waals surface area contributed by atoms with Crippen molar-refractivity contribution >= 4 is 74.9 Å². The van der Waals surface area contributed by atoms with Gasteiger partial charge in [0.1, 0.15) is 0 Å². The molecule has 0 saturated carbocycles. The van der Waals surface area contributed by atoms with Crippen LogP contribution in [-0.2, 0) is 4.79 Å². The fourth-order valence-corrected chi connectivity index (χ4v) is 0.247. The average Bonchev–Trinajstić information content (AvgIpc) is 1.27. The minimum absolute atomic E-state index is 0. The Morgan fingerprint density at radius 1 is 1.50 bits per heavy atom. The van der Waals surface area contributed by atoms with Crippen LogP contribution in [0, 0.1) is 0 Å². The van der Waals surface area contributed by atoms with E-state index in [0.717, 1.165) is 5.57 Å². The van der Waals surface area contributed by atoms with E-state index >= 15 is 0 Å². The summed E-state index contributed by atoms with van der Waals surface area (Å²) in [5.74, 6) is -0.875. The molecule has 0 aliphatic carbocycles. The molecule has 3 heteroatoms. The fraction of sp³-hybridized carbons (Fsp3) is 0.400. The Labute approximate surface area is 108 Å². The molecule has 0 aliphatic rings. The van der Waals surface area contributed by atoms with E-state index in [1.165, 1.54) is 6.08 Å². The van der Waals surface area contributed by atoms with E-state index in [1.54, 1.807) is 13.8 Å². The van der Waals surface area contributed by atoms with E-state index in [4.69, 9.17) is 5.11 Å². The number of carboxylic acids is 1. The zero-order valence-corrected chi connectivity index (χ0v) is 4.43. The molecule has 0 rings (SSSR count). The van der Waals surface area contributed by atoms with Crippen LogP contribution in [0.25, 0.3) is 0 Å². The van der Waals surface area contributed by atoms with Crippen molar-refractivity contribution in [2.75, 3.05) is 0 Å². The van der Waals surface area contributed by atoms with Gasteiger partial charge in [-0.25, -0.2) is 4.79 Å². The van der Waals surface area contributed by atoms with Gasteiger partial charge >= 0.3 is 74.9 Å². The Bertz CT molecular complexity index is 103. The summed E-state index contributed by atoms with van der Waals surface area (Å²) in [5.41, 5.74) is 0.813. The molecular formula is C5H9CsO2. The molecule has 0 bridgehead atoms. The Hall–Kier alpha value is 1.26. The predicted molar refractivity (Wildman–Crippen MR) is 34.2 cm³/mol. The minimum atomic E-state index is -0.875. The zero-order chi connectivity index (χ0) is 5.86. The van der Waals surface area contributed by atoms with Crippen LogP contribution in [0.4, 0.5) is 0 Å². The van der Waals surface area contributed by atoms with Crippen LogP contribution < -0.4 is 0 Å². The van der Waals surface area contributed by atoms with E-state index in [1.807, 2.05) is 0 Å². The molecular weight excluding hydrogens is 225 g/mol. The van der Waals surface area contributed by atoms with Crippen LogP contribution in [-0.4, -0.2) is 80.0 Å². The summed E-state index contributed by atoms with van der Waals surface area (Å²) in [4.78, 5) is 9.73. The first-order chi connectivity index (χ1) is 3.13. The third-order valence-electron chi connectivity index (χ3n) is 0.412. The van der Waals surface area contributed by atoms with Crippen molar-refractivity contribution in [2.45, 2.75) is 13.8 Å². The second kappa shape index (κ2) is 6.38. The quantitative estimate of drug-likeness (QED) is 0.666. The first-order valence-corrected chi connectivity index (χ1v) is 2.01. The summed E-state index contributed by atoms with van der Waals surface area (Å²) in [6.45, 7) is 3.49. The van der Waals surface area contributed by atoms with E-state index in [2.05, 4.69) is 0 Å². The molecule has 0 aromatic heterocycles.